The highest BCUT2D eigenvalue weighted by Crippen LogP contribution is 2.54. The predicted octanol–water partition coefficient (Wildman–Crippen LogP) is 8.61. The van der Waals surface area contributed by atoms with Gasteiger partial charge >= 0.3 is 0 Å². The monoisotopic (exact) mass is 1320 g/mol. The number of benzene rings is 10. The average molecular weight is 1320 g/mol. The van der Waals surface area contributed by atoms with Crippen molar-refractivity contribution in [3.05, 3.63) is 286 Å². The van der Waals surface area contributed by atoms with E-state index in [1.165, 1.54) is 110 Å². The summed E-state index contributed by atoms with van der Waals surface area (Å²) in [6.45, 7) is 19.0. The molecule has 0 N–H and O–H groups in total. The molecule has 10 aromatic rings. The highest BCUT2D eigenvalue weighted by Gasteiger charge is 2.50. The Hall–Kier alpha value is -8.93. The highest BCUT2D eigenvalue weighted by atomic mass is 35.7. The van der Waals surface area contributed by atoms with Gasteiger partial charge in [-0.2, -0.15) is 9.15 Å². The van der Waals surface area contributed by atoms with E-state index in [2.05, 4.69) is 319 Å². The maximum absolute atomic E-state index is 15.7. The topological polar surface area (TPSA) is 214 Å². The Morgan fingerprint density at radius 3 is 1.11 bits per heavy atom. The molecule has 4 heterocycles. The Morgan fingerprint density at radius 1 is 0.417 bits per heavy atom. The second-order valence-corrected chi connectivity index (χ2v) is 28.7. The van der Waals surface area contributed by atoms with Gasteiger partial charge in [0.15, 0.2) is 11.4 Å². The smallest absolute Gasteiger partial charge is 0.261 e. The minimum absolute atomic E-state index is 0.138. The second kappa shape index (κ2) is 25.6. The number of aryl methyl sites for hydroxylation is 2. The summed E-state index contributed by atoms with van der Waals surface area (Å²) in [4.78, 5) is 20.5. The Labute approximate surface area is 564 Å². The van der Waals surface area contributed by atoms with Crippen molar-refractivity contribution in [2.24, 2.45) is 0 Å². The van der Waals surface area contributed by atoms with Crippen LogP contribution >= 0.6 is 0 Å². The average Bonchev–Trinajstić information content (AvgIpc) is 1.59. The van der Waals surface area contributed by atoms with Crippen LogP contribution in [0.1, 0.15) is 86.1 Å². The Morgan fingerprint density at radius 2 is 0.740 bits per heavy atom. The quantitative estimate of drug-likeness (QED) is 0.106. The molecule has 0 bridgehead atoms. The van der Waals surface area contributed by atoms with Crippen LogP contribution in [-0.2, 0) is 39.3 Å². The first-order chi connectivity index (χ1) is 45.5. The molecule has 15 heteroatoms. The number of Topliss-reactive ketones (excluding diaryl/α,β-unsaturated/α-hetero) is 1. The number of rotatable bonds is 12. The van der Waals surface area contributed by atoms with Crippen LogP contribution in [0.15, 0.2) is 242 Å². The minimum Gasteiger partial charge on any atom is -0.347 e. The molecule has 488 valence electrons. The van der Waals surface area contributed by atoms with E-state index in [0.717, 1.165) is 35.6 Å². The molecule has 10 aromatic carbocycles. The molecule has 0 radical (unpaired) electrons. The van der Waals surface area contributed by atoms with Crippen molar-refractivity contribution in [2.75, 3.05) is 37.0 Å². The summed E-state index contributed by atoms with van der Waals surface area (Å²) in [5, 5.41) is 9.96. The summed E-state index contributed by atoms with van der Waals surface area (Å²) >= 11 is 0. The van der Waals surface area contributed by atoms with Gasteiger partial charge in [0.05, 0.1) is 10.8 Å². The van der Waals surface area contributed by atoms with Crippen molar-refractivity contribution in [3.63, 3.8) is 0 Å². The molecule has 0 fully saturated rings. The number of anilines is 2. The molecular formula is C81H76Cl2N4O9. The third-order valence-corrected chi connectivity index (χ3v) is 20.0. The number of carbonyl (C=O) groups is 1. The predicted molar refractivity (Wildman–Crippen MR) is 362 cm³/mol. The molecule has 4 aliphatic rings. The van der Waals surface area contributed by atoms with E-state index in [-0.39, 0.29) is 29.7 Å². The molecule has 2 atom stereocenters. The number of likely N-dealkylation sites (N-methyl/N-ethyl adjacent to an activating group) is 2. The van der Waals surface area contributed by atoms with Gasteiger partial charge in [0.1, 0.15) is 0 Å². The van der Waals surface area contributed by atoms with Gasteiger partial charge in [0.25, 0.3) is 5.78 Å². The van der Waals surface area contributed by atoms with Crippen LogP contribution in [0.2, 0.25) is 0 Å². The number of hydrogen-bond donors (Lipinski definition) is 0. The Balaban J connectivity index is 0.000000822. The first-order valence-corrected chi connectivity index (χ1v) is 34.4. The summed E-state index contributed by atoms with van der Waals surface area (Å²) in [6.07, 6.45) is 15.5. The summed E-state index contributed by atoms with van der Waals surface area (Å²) in [7, 11) is -5.43. The maximum atomic E-state index is 15.7. The van der Waals surface area contributed by atoms with Gasteiger partial charge in [-0.1, -0.05) is 181 Å². The van der Waals surface area contributed by atoms with Gasteiger partial charge in [-0.05, 0) is 170 Å². The molecule has 0 aromatic heterocycles. The molecule has 2 unspecified atom stereocenters. The molecule has 4 aliphatic heterocycles. The molecule has 0 spiro atoms. The fourth-order valence-corrected chi connectivity index (χ4v) is 16.1. The van der Waals surface area contributed by atoms with E-state index in [0.29, 0.717) is 0 Å². The lowest BCUT2D eigenvalue weighted by molar-refractivity contribution is -2.00. The molecule has 13 nitrogen and oxygen atoms in total. The van der Waals surface area contributed by atoms with Gasteiger partial charge in [-0.25, -0.2) is 37.3 Å². The number of fused-ring (bicyclic) bond motifs is 12. The largest absolute Gasteiger partial charge is 0.347 e. The van der Waals surface area contributed by atoms with Crippen LogP contribution < -0.4 is 47.1 Å². The number of carbonyl (C=O) groups excluding carboxylic acids is 1. The fourth-order valence-electron chi connectivity index (χ4n) is 16.1. The van der Waals surface area contributed by atoms with Crippen LogP contribution in [0, 0.1) is 34.3 Å². The first-order valence-electron chi connectivity index (χ1n) is 32.0. The molecule has 0 saturated heterocycles. The van der Waals surface area contributed by atoms with Crippen molar-refractivity contribution >= 4 is 83.0 Å². The molecule has 0 saturated carbocycles. The molecule has 0 amide bonds. The fraction of sp³-hybridized carbons (Fsp3) is 0.222. The van der Waals surface area contributed by atoms with Gasteiger partial charge in [-0.15, -0.1) is 20.5 Å². The van der Waals surface area contributed by atoms with Gasteiger partial charge < -0.3 is 9.80 Å². The highest BCUT2D eigenvalue weighted by molar-refractivity contribution is 6.10. The summed E-state index contributed by atoms with van der Waals surface area (Å²) in [5.41, 5.74) is 18.2. The zero-order chi connectivity index (χ0) is 68.4. The van der Waals surface area contributed by atoms with Gasteiger partial charge in [0.2, 0.25) is 24.5 Å². The Bertz CT molecular complexity index is 4630. The van der Waals surface area contributed by atoms with E-state index >= 15 is 4.79 Å². The van der Waals surface area contributed by atoms with Crippen LogP contribution in [0.4, 0.5) is 22.7 Å². The van der Waals surface area contributed by atoms with E-state index < -0.39 is 31.3 Å². The van der Waals surface area contributed by atoms with Crippen molar-refractivity contribution in [1.29, 1.82) is 0 Å². The van der Waals surface area contributed by atoms with E-state index in [9.17, 15) is 0 Å². The third kappa shape index (κ3) is 12.8. The van der Waals surface area contributed by atoms with Crippen molar-refractivity contribution < 1.29 is 71.7 Å². The first kappa shape index (κ1) is 67.1. The summed E-state index contributed by atoms with van der Waals surface area (Å²) in [6, 6.07) is 71.2. The zero-order valence-electron chi connectivity index (χ0n) is 55.5. The number of hydrogen-bond acceptors (Lipinski definition) is 11. The van der Waals surface area contributed by atoms with E-state index in [1.807, 2.05) is 0 Å². The number of allylic oxidation sites excluding steroid dienone is 8. The van der Waals surface area contributed by atoms with Crippen LogP contribution in [-0.4, -0.2) is 53.5 Å². The lowest BCUT2D eigenvalue weighted by Crippen LogP contribution is -2.68. The van der Waals surface area contributed by atoms with Crippen LogP contribution in [0.5, 0.6) is 0 Å². The molecule has 0 aliphatic carbocycles. The molecular weight excluding hydrogens is 1240 g/mol. The standard InChI is InChI=1S/C81H76N4O.2ClHO4/c1-53-35-37-59-39-43-66-76(64(59)47-53)80(7,49-55-23-13-11-14-24-55)72(82(66)9)33-21-31-70-78(3,4)74-62-29-19-17-27-57(62)41-45-68(74)84(70)51-61(86)52-85-69-46-42-58-28-18-20-30-63(58)75(69)79(5,6)71(85)32-22-34-73-81(8,50-56-25-15-12-16-26-56)77-65-48-54(2)36-38-60(65)40-44-67(77)83(73)10;2*2-1(3,4)5/h11-48H,49-52H2,1-10H3;2*(H,2,3,4,5)/q+2;;/p-2. The summed E-state index contributed by atoms with van der Waals surface area (Å²) < 4.78 is 72.6. The zero-order valence-corrected chi connectivity index (χ0v) is 57.0. The van der Waals surface area contributed by atoms with Crippen molar-refractivity contribution in [3.8, 4) is 0 Å². The van der Waals surface area contributed by atoms with Crippen molar-refractivity contribution in [2.45, 2.75) is 89.9 Å². The molecule has 14 rings (SSSR count). The Kier molecular flexibility index (Phi) is 17.9. The van der Waals surface area contributed by atoms with Gasteiger partial charge in [-0.3, -0.25) is 4.79 Å². The van der Waals surface area contributed by atoms with E-state index in [1.54, 1.807) is 0 Å². The minimum atomic E-state index is -4.94. The normalized spacial score (nSPS) is 19.4. The van der Waals surface area contributed by atoms with E-state index in [4.69, 9.17) is 37.3 Å². The lowest BCUT2D eigenvalue weighted by Gasteiger charge is -2.29. The van der Waals surface area contributed by atoms with Crippen molar-refractivity contribution in [1.82, 2.24) is 0 Å². The van der Waals surface area contributed by atoms with Gasteiger partial charge in [0, 0.05) is 83.1 Å². The van der Waals surface area contributed by atoms with Crippen LogP contribution in [0.25, 0.3) is 43.1 Å². The third-order valence-electron chi connectivity index (χ3n) is 20.0. The SMILES string of the molecule is Cc1ccc2ccc3c(c2c1)C(C)(Cc1ccccc1)C(=CC=CC1=[N+](CC(=O)C[N+]2=C(C=CC=C4N(C)c5ccc6ccc(C)cc6c5C4(C)Cc4ccccc4)C(C)(C)c4c2ccc2ccccc42)c2ccc4ccccc4c2C1(C)C)N3C.[O-][Cl+3]([O-])([O-])[O-].[O-][Cl+3]([O-])([O-])[O-]. The maximum Gasteiger partial charge on any atom is 0.261 e. The molecule has 96 heavy (non-hydrogen) atoms. The lowest BCUT2D eigenvalue weighted by atomic mass is 9.74. The number of ketones is 1. The summed E-state index contributed by atoms with van der Waals surface area (Å²) in [5.74, 6) is 0.138. The second-order valence-electron chi connectivity index (χ2n) is 27.1. The number of nitrogens with zero attached hydrogens (tertiary/aromatic N) is 4. The number of halogens is 2. The van der Waals surface area contributed by atoms with Crippen LogP contribution in [0.3, 0.4) is 0 Å².